The highest BCUT2D eigenvalue weighted by Gasteiger charge is 2.13. The first kappa shape index (κ1) is 15.9. The van der Waals surface area contributed by atoms with Gasteiger partial charge in [0.2, 0.25) is 0 Å². The molecule has 1 rings (SSSR count). The van der Waals surface area contributed by atoms with Crippen molar-refractivity contribution in [2.45, 2.75) is 13.3 Å². The molecule has 1 amide bonds. The molecule has 0 unspecified atom stereocenters. The molecule has 6 heteroatoms. The number of aliphatic hydroxyl groups is 1. The number of ether oxygens (including phenoxy) is 1. The van der Waals surface area contributed by atoms with Gasteiger partial charge >= 0.3 is 0 Å². The number of carbonyl (C=O) groups is 1. The first-order chi connectivity index (χ1) is 9.08. The lowest BCUT2D eigenvalue weighted by Gasteiger charge is -2.17. The van der Waals surface area contributed by atoms with Crippen LogP contribution < -0.4 is 0 Å². The quantitative estimate of drug-likeness (QED) is 0.608. The summed E-state index contributed by atoms with van der Waals surface area (Å²) in [7, 11) is 1.70. The minimum Gasteiger partial charge on any atom is -0.394 e. The van der Waals surface area contributed by atoms with Gasteiger partial charge in [0.15, 0.2) is 0 Å². The lowest BCUT2D eigenvalue weighted by molar-refractivity contribution is 0.0618. The third kappa shape index (κ3) is 5.14. The Morgan fingerprint density at radius 3 is 2.84 bits per heavy atom. The number of aryl methyl sites for hydroxylation is 1. The van der Waals surface area contributed by atoms with Gasteiger partial charge in [0.05, 0.1) is 19.8 Å². The van der Waals surface area contributed by atoms with Crippen LogP contribution in [0.2, 0.25) is 5.15 Å². The number of likely N-dealkylation sites (N-methyl/N-ethyl adjacent to an activating group) is 1. The summed E-state index contributed by atoms with van der Waals surface area (Å²) >= 11 is 5.89. The number of halogens is 1. The van der Waals surface area contributed by atoms with E-state index >= 15 is 0 Å². The number of carbonyl (C=O) groups excluding carboxylic acids is 1. The highest BCUT2D eigenvalue weighted by atomic mass is 35.5. The lowest BCUT2D eigenvalue weighted by atomic mass is 10.2. The highest BCUT2D eigenvalue weighted by Crippen LogP contribution is 2.13. The molecule has 1 N–H and O–H groups in total. The molecule has 0 aromatic carbocycles. The number of rotatable bonds is 7. The summed E-state index contributed by atoms with van der Waals surface area (Å²) in [5.41, 5.74) is 1.32. The van der Waals surface area contributed by atoms with Crippen molar-refractivity contribution < 1.29 is 14.6 Å². The Morgan fingerprint density at radius 1 is 1.47 bits per heavy atom. The van der Waals surface area contributed by atoms with Gasteiger partial charge in [-0.1, -0.05) is 18.5 Å². The van der Waals surface area contributed by atoms with Crippen molar-refractivity contribution in [1.29, 1.82) is 0 Å². The van der Waals surface area contributed by atoms with Gasteiger partial charge in [0.25, 0.3) is 5.91 Å². The molecular weight excluding hydrogens is 268 g/mol. The minimum atomic E-state index is -0.119. The zero-order chi connectivity index (χ0) is 14.3. The average molecular weight is 287 g/mol. The van der Waals surface area contributed by atoms with Crippen molar-refractivity contribution in [3.05, 3.63) is 28.5 Å². The third-order valence-electron chi connectivity index (χ3n) is 2.61. The van der Waals surface area contributed by atoms with E-state index in [1.165, 1.54) is 0 Å². The molecular formula is C13H19ClN2O3. The van der Waals surface area contributed by atoms with E-state index in [9.17, 15) is 4.79 Å². The Hall–Kier alpha value is -1.17. The molecule has 5 nitrogen and oxygen atoms in total. The number of amides is 1. The summed E-state index contributed by atoms with van der Waals surface area (Å²) in [6, 6.07) is 3.31. The molecule has 0 atom stereocenters. The predicted molar refractivity (Wildman–Crippen MR) is 73.5 cm³/mol. The van der Waals surface area contributed by atoms with Gasteiger partial charge < -0.3 is 14.7 Å². The van der Waals surface area contributed by atoms with E-state index in [2.05, 4.69) is 4.98 Å². The van der Waals surface area contributed by atoms with E-state index in [0.717, 1.165) is 12.1 Å². The van der Waals surface area contributed by atoms with E-state index in [1.54, 1.807) is 24.1 Å². The first-order valence-electron chi connectivity index (χ1n) is 6.19. The average Bonchev–Trinajstić information content (AvgIpc) is 2.41. The van der Waals surface area contributed by atoms with Crippen LogP contribution in [-0.4, -0.2) is 54.3 Å². The van der Waals surface area contributed by atoms with Crippen LogP contribution in [0.25, 0.3) is 0 Å². The van der Waals surface area contributed by atoms with Gasteiger partial charge in [-0.25, -0.2) is 4.98 Å². The molecule has 0 bridgehead atoms. The first-order valence-corrected chi connectivity index (χ1v) is 6.56. The van der Waals surface area contributed by atoms with Crippen LogP contribution in [0, 0.1) is 0 Å². The van der Waals surface area contributed by atoms with Crippen molar-refractivity contribution in [1.82, 2.24) is 9.88 Å². The molecule has 1 aromatic rings. The summed E-state index contributed by atoms with van der Waals surface area (Å²) in [6.07, 6.45) is 0.726. The highest BCUT2D eigenvalue weighted by molar-refractivity contribution is 6.29. The van der Waals surface area contributed by atoms with Gasteiger partial charge in [-0.15, -0.1) is 0 Å². The van der Waals surface area contributed by atoms with Crippen LogP contribution in [0.15, 0.2) is 12.1 Å². The standard InChI is InChI=1S/C13H19ClN2O3/c1-3-11-8-10(9-12(14)15-11)13(18)16(2)4-6-19-7-5-17/h8-9,17H,3-7H2,1-2H3. The van der Waals surface area contributed by atoms with Crippen molar-refractivity contribution in [3.63, 3.8) is 0 Å². The van der Waals surface area contributed by atoms with E-state index < -0.39 is 0 Å². The fourth-order valence-corrected chi connectivity index (χ4v) is 1.77. The van der Waals surface area contributed by atoms with Crippen molar-refractivity contribution in [2.75, 3.05) is 33.4 Å². The maximum Gasteiger partial charge on any atom is 0.253 e. The molecule has 0 aliphatic rings. The molecule has 0 radical (unpaired) electrons. The Morgan fingerprint density at radius 2 is 2.21 bits per heavy atom. The number of aromatic nitrogens is 1. The number of pyridine rings is 1. The van der Waals surface area contributed by atoms with E-state index in [-0.39, 0.29) is 19.1 Å². The molecule has 1 aromatic heterocycles. The van der Waals surface area contributed by atoms with Gasteiger partial charge in [-0.05, 0) is 18.6 Å². The van der Waals surface area contributed by atoms with Crippen LogP contribution in [-0.2, 0) is 11.2 Å². The number of hydrogen-bond donors (Lipinski definition) is 1. The van der Waals surface area contributed by atoms with Crippen LogP contribution >= 0.6 is 11.6 Å². The van der Waals surface area contributed by atoms with Gasteiger partial charge in [-0.3, -0.25) is 4.79 Å². The molecule has 0 saturated heterocycles. The molecule has 106 valence electrons. The van der Waals surface area contributed by atoms with E-state index in [4.69, 9.17) is 21.4 Å². The molecule has 0 aliphatic carbocycles. The van der Waals surface area contributed by atoms with Crippen molar-refractivity contribution in [3.8, 4) is 0 Å². The summed E-state index contributed by atoms with van der Waals surface area (Å²) in [5, 5.41) is 8.91. The van der Waals surface area contributed by atoms with E-state index in [1.807, 2.05) is 6.92 Å². The van der Waals surface area contributed by atoms with Gasteiger partial charge in [0.1, 0.15) is 5.15 Å². The SMILES string of the molecule is CCc1cc(C(=O)N(C)CCOCCO)cc(Cl)n1. The molecule has 0 fully saturated rings. The zero-order valence-corrected chi connectivity index (χ0v) is 12.0. The third-order valence-corrected chi connectivity index (χ3v) is 2.80. The Labute approximate surface area is 118 Å². The molecule has 0 spiro atoms. The summed E-state index contributed by atoms with van der Waals surface area (Å²) in [6.45, 7) is 3.07. The maximum atomic E-state index is 12.2. The molecule has 0 saturated carbocycles. The topological polar surface area (TPSA) is 62.7 Å². The smallest absolute Gasteiger partial charge is 0.253 e. The van der Waals surface area contributed by atoms with Gasteiger partial charge in [-0.2, -0.15) is 0 Å². The van der Waals surface area contributed by atoms with Crippen molar-refractivity contribution in [2.24, 2.45) is 0 Å². The summed E-state index contributed by atoms with van der Waals surface area (Å²) < 4.78 is 5.13. The predicted octanol–water partition coefficient (Wildman–Crippen LogP) is 1.38. The monoisotopic (exact) mass is 286 g/mol. The number of aliphatic hydroxyl groups excluding tert-OH is 1. The lowest BCUT2D eigenvalue weighted by Crippen LogP contribution is -2.30. The molecule has 0 aliphatic heterocycles. The second-order valence-electron chi connectivity index (χ2n) is 4.09. The van der Waals surface area contributed by atoms with Crippen LogP contribution in [0.4, 0.5) is 0 Å². The van der Waals surface area contributed by atoms with E-state index in [0.29, 0.717) is 23.9 Å². The minimum absolute atomic E-state index is 0.0164. The van der Waals surface area contributed by atoms with Crippen molar-refractivity contribution >= 4 is 17.5 Å². The largest absolute Gasteiger partial charge is 0.394 e. The fraction of sp³-hybridized carbons (Fsp3) is 0.538. The second kappa shape index (κ2) is 8.09. The van der Waals surface area contributed by atoms with Crippen LogP contribution in [0.3, 0.4) is 0 Å². The van der Waals surface area contributed by atoms with Crippen LogP contribution in [0.5, 0.6) is 0 Å². The molecule has 1 heterocycles. The fourth-order valence-electron chi connectivity index (χ4n) is 1.55. The Bertz CT molecular complexity index is 426. The number of hydrogen-bond acceptors (Lipinski definition) is 4. The summed E-state index contributed by atoms with van der Waals surface area (Å²) in [4.78, 5) is 17.8. The Balaban J connectivity index is 2.63. The number of nitrogens with zero attached hydrogens (tertiary/aromatic N) is 2. The summed E-state index contributed by atoms with van der Waals surface area (Å²) in [5.74, 6) is -0.119. The van der Waals surface area contributed by atoms with Crippen LogP contribution in [0.1, 0.15) is 23.0 Å². The van der Waals surface area contributed by atoms with Gasteiger partial charge in [0, 0.05) is 24.8 Å². The molecule has 19 heavy (non-hydrogen) atoms. The zero-order valence-electron chi connectivity index (χ0n) is 11.2. The Kier molecular flexibility index (Phi) is 6.77. The maximum absolute atomic E-state index is 12.2. The second-order valence-corrected chi connectivity index (χ2v) is 4.47. The normalized spacial score (nSPS) is 10.5.